The van der Waals surface area contributed by atoms with E-state index < -0.39 is 5.60 Å². The molecule has 3 aliphatic rings. The Morgan fingerprint density at radius 1 is 1.44 bits per heavy atom. The maximum absolute atomic E-state index is 12.1. The molecule has 0 aromatic heterocycles. The number of esters is 1. The minimum Gasteiger partial charge on any atom is -0.460 e. The van der Waals surface area contributed by atoms with Crippen molar-refractivity contribution >= 4 is 5.97 Å². The fourth-order valence-corrected chi connectivity index (χ4v) is 2.76. The summed E-state index contributed by atoms with van der Waals surface area (Å²) in [5.41, 5.74) is 4.72. The van der Waals surface area contributed by atoms with E-state index in [1.807, 2.05) is 20.8 Å². The molecule has 2 saturated heterocycles. The Hall–Kier alpha value is -0.610. The van der Waals surface area contributed by atoms with E-state index in [9.17, 15) is 4.79 Å². The lowest BCUT2D eigenvalue weighted by Gasteiger charge is -2.58. The molecule has 2 aliphatic heterocycles. The van der Waals surface area contributed by atoms with Gasteiger partial charge in [0.2, 0.25) is 0 Å². The van der Waals surface area contributed by atoms with Crippen molar-refractivity contribution in [2.75, 3.05) is 13.2 Å². The quantitative estimate of drug-likeness (QED) is 0.721. The number of carbonyl (C=O) groups is 1. The van der Waals surface area contributed by atoms with Crippen LogP contribution in [0.3, 0.4) is 0 Å². The van der Waals surface area contributed by atoms with Crippen molar-refractivity contribution in [3.05, 3.63) is 0 Å². The van der Waals surface area contributed by atoms with Crippen LogP contribution in [0, 0.1) is 5.41 Å². The van der Waals surface area contributed by atoms with Crippen LogP contribution < -0.4 is 5.73 Å². The Kier molecular flexibility index (Phi) is 2.55. The van der Waals surface area contributed by atoms with Gasteiger partial charge in [0, 0.05) is 13.2 Å². The summed E-state index contributed by atoms with van der Waals surface area (Å²) in [6.45, 7) is 6.81. The number of ether oxygens (including phenoxy) is 2. The van der Waals surface area contributed by atoms with Crippen LogP contribution >= 0.6 is 0 Å². The first kappa shape index (κ1) is 11.9. The molecule has 3 fully saturated rings. The van der Waals surface area contributed by atoms with Gasteiger partial charge >= 0.3 is 5.97 Å². The molecule has 0 aromatic rings. The van der Waals surface area contributed by atoms with Gasteiger partial charge < -0.3 is 15.2 Å². The van der Waals surface area contributed by atoms with Crippen LogP contribution in [0.1, 0.15) is 40.0 Å². The molecule has 0 radical (unpaired) electrons. The van der Waals surface area contributed by atoms with Gasteiger partial charge in [-0.15, -0.1) is 0 Å². The van der Waals surface area contributed by atoms with Gasteiger partial charge in [-0.25, -0.2) is 0 Å². The SMILES string of the molecule is CC(C)(C)OC(=O)C12CCOC(CN)(C1)C2. The standard InChI is InChI=1S/C12H21NO3/c1-10(2,3)16-9(14)11-4-5-15-12(6-11,7-11)8-13/h4-8,13H2,1-3H3. The third-order valence-corrected chi connectivity index (χ3v) is 3.51. The maximum Gasteiger partial charge on any atom is 0.312 e. The van der Waals surface area contributed by atoms with Crippen LogP contribution in [0.4, 0.5) is 0 Å². The topological polar surface area (TPSA) is 61.5 Å². The molecular formula is C12H21NO3. The third-order valence-electron chi connectivity index (χ3n) is 3.51. The normalized spacial score (nSPS) is 37.8. The van der Waals surface area contributed by atoms with Gasteiger partial charge in [-0.05, 0) is 40.0 Å². The van der Waals surface area contributed by atoms with Crippen molar-refractivity contribution in [1.82, 2.24) is 0 Å². The lowest BCUT2D eigenvalue weighted by molar-refractivity contribution is -0.237. The summed E-state index contributed by atoms with van der Waals surface area (Å²) in [6, 6.07) is 0. The predicted octanol–water partition coefficient (Wildman–Crippen LogP) is 1.23. The van der Waals surface area contributed by atoms with Gasteiger partial charge in [0.1, 0.15) is 5.60 Å². The Labute approximate surface area is 96.5 Å². The molecule has 2 N–H and O–H groups in total. The monoisotopic (exact) mass is 227 g/mol. The molecule has 0 unspecified atom stereocenters. The number of fused-ring (bicyclic) bond motifs is 2. The summed E-state index contributed by atoms with van der Waals surface area (Å²) in [5.74, 6) is -0.0765. The first-order valence-corrected chi connectivity index (χ1v) is 5.88. The van der Waals surface area contributed by atoms with Crippen molar-refractivity contribution in [1.29, 1.82) is 0 Å². The minimum atomic E-state index is -0.412. The second-order valence-electron chi connectivity index (χ2n) is 6.12. The van der Waals surface area contributed by atoms with E-state index in [2.05, 4.69) is 0 Å². The second kappa shape index (κ2) is 3.44. The highest BCUT2D eigenvalue weighted by Crippen LogP contribution is 2.57. The molecule has 4 nitrogen and oxygen atoms in total. The molecule has 0 aromatic carbocycles. The van der Waals surface area contributed by atoms with E-state index >= 15 is 0 Å². The number of hydrogen-bond donors (Lipinski definition) is 1. The fraction of sp³-hybridized carbons (Fsp3) is 0.917. The van der Waals surface area contributed by atoms with E-state index in [4.69, 9.17) is 15.2 Å². The second-order valence-corrected chi connectivity index (χ2v) is 6.12. The average molecular weight is 227 g/mol. The zero-order chi connectivity index (χ0) is 12.0. The van der Waals surface area contributed by atoms with Crippen molar-refractivity contribution in [3.8, 4) is 0 Å². The van der Waals surface area contributed by atoms with Crippen LogP contribution in [0.25, 0.3) is 0 Å². The van der Waals surface area contributed by atoms with Gasteiger partial charge in [0.05, 0.1) is 11.0 Å². The van der Waals surface area contributed by atoms with Gasteiger partial charge in [0.15, 0.2) is 0 Å². The van der Waals surface area contributed by atoms with Crippen molar-refractivity contribution in [3.63, 3.8) is 0 Å². The summed E-state index contributed by atoms with van der Waals surface area (Å²) in [6.07, 6.45) is 2.22. The van der Waals surface area contributed by atoms with Crippen LogP contribution in [0.5, 0.6) is 0 Å². The zero-order valence-electron chi connectivity index (χ0n) is 10.3. The molecule has 1 aliphatic carbocycles. The number of rotatable bonds is 2. The fourth-order valence-electron chi connectivity index (χ4n) is 2.76. The minimum absolute atomic E-state index is 0.0765. The van der Waals surface area contributed by atoms with E-state index in [1.165, 1.54) is 0 Å². The first-order valence-electron chi connectivity index (χ1n) is 5.88. The summed E-state index contributed by atoms with van der Waals surface area (Å²) in [4.78, 5) is 12.1. The van der Waals surface area contributed by atoms with Crippen molar-refractivity contribution in [2.24, 2.45) is 11.1 Å². The molecule has 0 spiro atoms. The summed E-state index contributed by atoms with van der Waals surface area (Å²) in [5, 5.41) is 0. The largest absolute Gasteiger partial charge is 0.460 e. The molecule has 0 atom stereocenters. The Morgan fingerprint density at radius 2 is 2.06 bits per heavy atom. The number of carbonyl (C=O) groups excluding carboxylic acids is 1. The first-order chi connectivity index (χ1) is 7.31. The van der Waals surface area contributed by atoms with Crippen molar-refractivity contribution < 1.29 is 14.3 Å². The summed E-state index contributed by atoms with van der Waals surface area (Å²) < 4.78 is 11.1. The summed E-state index contributed by atoms with van der Waals surface area (Å²) in [7, 11) is 0. The number of hydrogen-bond acceptors (Lipinski definition) is 4. The van der Waals surface area contributed by atoms with Gasteiger partial charge in [-0.1, -0.05) is 0 Å². The van der Waals surface area contributed by atoms with Gasteiger partial charge in [-0.2, -0.15) is 0 Å². The molecule has 1 saturated carbocycles. The summed E-state index contributed by atoms with van der Waals surface area (Å²) >= 11 is 0. The van der Waals surface area contributed by atoms with Gasteiger partial charge in [0.25, 0.3) is 0 Å². The van der Waals surface area contributed by atoms with E-state index in [-0.39, 0.29) is 17.0 Å². The third kappa shape index (κ3) is 1.84. The van der Waals surface area contributed by atoms with Crippen molar-refractivity contribution in [2.45, 2.75) is 51.2 Å². The highest BCUT2D eigenvalue weighted by atomic mass is 16.6. The Bertz CT molecular complexity index is 300. The molecule has 4 heteroatoms. The molecular weight excluding hydrogens is 206 g/mol. The van der Waals surface area contributed by atoms with E-state index in [1.54, 1.807) is 0 Å². The van der Waals surface area contributed by atoms with Crippen LogP contribution in [-0.2, 0) is 14.3 Å². The molecule has 3 rings (SSSR count). The van der Waals surface area contributed by atoms with Crippen LogP contribution in [0.15, 0.2) is 0 Å². The molecule has 92 valence electrons. The van der Waals surface area contributed by atoms with E-state index in [0.717, 1.165) is 19.3 Å². The highest BCUT2D eigenvalue weighted by Gasteiger charge is 2.63. The van der Waals surface area contributed by atoms with Crippen LogP contribution in [-0.4, -0.2) is 30.3 Å². The predicted molar refractivity (Wildman–Crippen MR) is 59.9 cm³/mol. The average Bonchev–Trinajstić information content (AvgIpc) is 2.14. The zero-order valence-corrected chi connectivity index (χ0v) is 10.3. The van der Waals surface area contributed by atoms with Gasteiger partial charge in [-0.3, -0.25) is 4.79 Å². The number of nitrogens with two attached hydrogens (primary N) is 1. The van der Waals surface area contributed by atoms with Crippen LogP contribution in [0.2, 0.25) is 0 Å². The molecule has 2 bridgehead atoms. The molecule has 0 amide bonds. The molecule has 16 heavy (non-hydrogen) atoms. The Balaban J connectivity index is 2.03. The lowest BCUT2D eigenvalue weighted by Crippen LogP contribution is -2.65. The smallest absolute Gasteiger partial charge is 0.312 e. The maximum atomic E-state index is 12.1. The Morgan fingerprint density at radius 3 is 2.56 bits per heavy atom. The lowest BCUT2D eigenvalue weighted by atomic mass is 9.55. The van der Waals surface area contributed by atoms with E-state index in [0.29, 0.717) is 13.2 Å². The molecule has 2 heterocycles. The highest BCUT2D eigenvalue weighted by molar-refractivity contribution is 5.79.